The van der Waals surface area contributed by atoms with Crippen LogP contribution in [-0.4, -0.2) is 86.3 Å². The van der Waals surface area contributed by atoms with Crippen molar-refractivity contribution in [2.45, 2.75) is 39.5 Å². The Kier molecular flexibility index (Phi) is 16.9. The minimum atomic E-state index is -0.336. The summed E-state index contributed by atoms with van der Waals surface area (Å²) in [4.78, 5) is 34.1. The average Bonchev–Trinajstić information content (AvgIpc) is 2.92. The highest BCUT2D eigenvalue weighted by molar-refractivity contribution is 5.92. The van der Waals surface area contributed by atoms with Gasteiger partial charge in [-0.05, 0) is 57.6 Å². The van der Waals surface area contributed by atoms with E-state index >= 15 is 0 Å². The van der Waals surface area contributed by atoms with Crippen LogP contribution in [0.3, 0.4) is 0 Å². The zero-order valence-electron chi connectivity index (χ0n) is 25.2. The van der Waals surface area contributed by atoms with Crippen molar-refractivity contribution in [2.75, 3.05) is 59.2 Å². The first kappa shape index (κ1) is 34.9. The molecule has 1 rings (SSSR count). The fourth-order valence-corrected chi connectivity index (χ4v) is 3.52. The number of likely N-dealkylation sites (N-methyl/N-ethyl adjacent to an activating group) is 2. The number of allylic oxidation sites excluding steroid dienone is 1. The molecule has 0 aliphatic heterocycles. The van der Waals surface area contributed by atoms with Crippen molar-refractivity contribution in [1.82, 2.24) is 20.0 Å². The maximum absolute atomic E-state index is 13.2. The maximum atomic E-state index is 13.2. The van der Waals surface area contributed by atoms with Gasteiger partial charge in [-0.25, -0.2) is 9.38 Å². The zero-order chi connectivity index (χ0) is 30.6. The molecule has 0 bridgehead atoms. The minimum Gasteiger partial charge on any atom is -0.371 e. The van der Waals surface area contributed by atoms with Gasteiger partial charge >= 0.3 is 0 Å². The summed E-state index contributed by atoms with van der Waals surface area (Å²) in [7, 11) is 5.42. The van der Waals surface area contributed by atoms with E-state index in [2.05, 4.69) is 52.8 Å². The number of guanidine groups is 1. The number of unbranched alkanes of at least 4 members (excludes halogenated alkanes) is 1. The van der Waals surface area contributed by atoms with E-state index in [0.717, 1.165) is 31.6 Å². The predicted molar refractivity (Wildman–Crippen MR) is 166 cm³/mol. The van der Waals surface area contributed by atoms with E-state index < -0.39 is 0 Å². The summed E-state index contributed by atoms with van der Waals surface area (Å²) in [5.41, 5.74) is 8.06. The van der Waals surface area contributed by atoms with Crippen LogP contribution in [0.1, 0.15) is 39.5 Å². The Morgan fingerprint density at radius 1 is 1.12 bits per heavy atom. The molecular weight excluding hydrogens is 521 g/mol. The molecule has 0 aliphatic carbocycles. The lowest BCUT2D eigenvalue weighted by Crippen LogP contribution is -2.38. The van der Waals surface area contributed by atoms with E-state index in [4.69, 9.17) is 5.73 Å². The Morgan fingerprint density at radius 3 is 2.39 bits per heavy atom. The van der Waals surface area contributed by atoms with Crippen LogP contribution in [0.15, 0.2) is 65.5 Å². The topological polar surface area (TPSA) is 106 Å². The van der Waals surface area contributed by atoms with Gasteiger partial charge in [0.25, 0.3) is 0 Å². The first-order chi connectivity index (χ1) is 19.6. The fourth-order valence-electron chi connectivity index (χ4n) is 3.52. The van der Waals surface area contributed by atoms with Crippen LogP contribution < -0.4 is 16.4 Å². The second-order valence-electron chi connectivity index (χ2n) is 9.74. The van der Waals surface area contributed by atoms with Crippen molar-refractivity contribution < 1.29 is 14.0 Å². The van der Waals surface area contributed by atoms with Gasteiger partial charge in [0, 0.05) is 63.3 Å². The number of carbonyl (C=O) groups is 2. The van der Waals surface area contributed by atoms with Crippen molar-refractivity contribution in [3.8, 4) is 11.8 Å². The molecule has 0 atom stereocenters. The molecule has 0 fully saturated rings. The van der Waals surface area contributed by atoms with Crippen LogP contribution in [0.4, 0.5) is 10.1 Å². The van der Waals surface area contributed by atoms with Gasteiger partial charge in [0.15, 0.2) is 5.96 Å². The second-order valence-corrected chi connectivity index (χ2v) is 9.74. The number of benzene rings is 1. The zero-order valence-corrected chi connectivity index (χ0v) is 25.2. The van der Waals surface area contributed by atoms with E-state index in [9.17, 15) is 14.0 Å². The summed E-state index contributed by atoms with van der Waals surface area (Å²) < 4.78 is 13.2. The first-order valence-electron chi connectivity index (χ1n) is 13.9. The Hall–Kier alpha value is -4.10. The minimum absolute atomic E-state index is 0.0143. The van der Waals surface area contributed by atoms with E-state index in [-0.39, 0.29) is 30.1 Å². The monoisotopic (exact) mass is 567 g/mol. The molecule has 10 heteroatoms. The van der Waals surface area contributed by atoms with Crippen molar-refractivity contribution in [1.29, 1.82) is 0 Å². The van der Waals surface area contributed by atoms with Crippen LogP contribution in [0.5, 0.6) is 0 Å². The number of nitrogens with zero attached hydrogens (tertiary/aromatic N) is 4. The third-order valence-electron chi connectivity index (χ3n) is 5.64. The summed E-state index contributed by atoms with van der Waals surface area (Å²) in [6, 6.07) is 5.82. The lowest BCUT2D eigenvalue weighted by Gasteiger charge is -2.25. The van der Waals surface area contributed by atoms with Crippen LogP contribution >= 0.6 is 0 Å². The molecule has 0 saturated carbocycles. The molecule has 2 amide bonds. The number of hydrogen-bond donors (Lipinski definition) is 3. The fraction of sp³-hybridized carbons (Fsp3) is 0.452. The first-order valence-corrected chi connectivity index (χ1v) is 13.9. The van der Waals surface area contributed by atoms with E-state index in [1.165, 1.54) is 23.1 Å². The largest absolute Gasteiger partial charge is 0.371 e. The summed E-state index contributed by atoms with van der Waals surface area (Å²) in [6.07, 6.45) is 7.93. The van der Waals surface area contributed by atoms with Gasteiger partial charge in [-0.1, -0.05) is 38.3 Å². The Morgan fingerprint density at radius 2 is 1.78 bits per heavy atom. The van der Waals surface area contributed by atoms with Gasteiger partial charge in [-0.2, -0.15) is 0 Å². The molecule has 0 saturated heterocycles. The summed E-state index contributed by atoms with van der Waals surface area (Å²) in [5, 5.41) is 5.76. The van der Waals surface area contributed by atoms with Gasteiger partial charge in [0.05, 0.1) is 12.1 Å². The van der Waals surface area contributed by atoms with Gasteiger partial charge in [-0.3, -0.25) is 9.59 Å². The van der Waals surface area contributed by atoms with Crippen molar-refractivity contribution in [2.24, 2.45) is 10.7 Å². The van der Waals surface area contributed by atoms with E-state index in [0.29, 0.717) is 37.2 Å². The highest BCUT2D eigenvalue weighted by Gasteiger charge is 2.11. The normalized spacial score (nSPS) is 11.7. The van der Waals surface area contributed by atoms with Crippen LogP contribution in [-0.2, 0) is 9.59 Å². The molecule has 1 aromatic carbocycles. The molecule has 0 aromatic heterocycles. The number of amides is 2. The van der Waals surface area contributed by atoms with Gasteiger partial charge in [0.1, 0.15) is 5.82 Å². The smallest absolute Gasteiger partial charge is 0.246 e. The van der Waals surface area contributed by atoms with Crippen molar-refractivity contribution in [3.05, 3.63) is 66.3 Å². The molecule has 0 unspecified atom stereocenters. The van der Waals surface area contributed by atoms with Crippen molar-refractivity contribution >= 4 is 23.5 Å². The molecule has 0 heterocycles. The number of rotatable bonds is 16. The third-order valence-corrected chi connectivity index (χ3v) is 5.64. The lowest BCUT2D eigenvalue weighted by atomic mass is 10.1. The quantitative estimate of drug-likeness (QED) is 0.0705. The molecule has 0 spiro atoms. The predicted octanol–water partition coefficient (Wildman–Crippen LogP) is 3.55. The van der Waals surface area contributed by atoms with Gasteiger partial charge < -0.3 is 31.1 Å². The number of nitrogens with two attached hydrogens (primary N) is 1. The number of halogens is 1. The number of aliphatic imine (C=N–C) groups is 1. The molecule has 1 aromatic rings. The summed E-state index contributed by atoms with van der Waals surface area (Å²) in [5.74, 6) is 5.66. The number of hydrogen-bond acceptors (Lipinski definition) is 5. The SMILES string of the molecule is C=C(/C(C#CCCCNC(=O)CN(C)C(=O)/C=C/CN(C)C)=C\N=C(/N)Nc1ccc(F)cc1)N(CCC)CCC. The number of nitrogens with one attached hydrogen (secondary N) is 2. The highest BCUT2D eigenvalue weighted by Crippen LogP contribution is 2.15. The Bertz CT molecular complexity index is 1130. The lowest BCUT2D eigenvalue weighted by molar-refractivity contribution is -0.131. The standard InChI is InChI=1S/C31H46FN7O2/c1-7-20-39(21-8-2)25(3)26(23-35-31(33)36-28-17-15-27(32)16-18-28)13-10-9-11-19-34-29(40)24-38(6)30(41)14-12-22-37(4)5/h12,14-18,23H,3,7-9,11,19-22,24H2,1-2,4-6H3,(H,34,40)(H3,33,35,36)/b14-12+,26-23-. The van der Waals surface area contributed by atoms with Crippen molar-refractivity contribution in [3.63, 3.8) is 0 Å². The Balaban J connectivity index is 2.77. The number of anilines is 1. The van der Waals surface area contributed by atoms with E-state index in [1.54, 1.807) is 31.5 Å². The van der Waals surface area contributed by atoms with Gasteiger partial charge in [0.2, 0.25) is 11.8 Å². The molecular formula is C31H46FN7O2. The molecule has 4 N–H and O–H groups in total. The Labute approximate surface area is 245 Å². The summed E-state index contributed by atoms with van der Waals surface area (Å²) in [6.45, 7) is 11.2. The third kappa shape index (κ3) is 15.3. The second kappa shape index (κ2) is 19.9. The van der Waals surface area contributed by atoms with Gasteiger partial charge in [-0.15, -0.1) is 0 Å². The van der Waals surface area contributed by atoms with Crippen LogP contribution in [0.25, 0.3) is 0 Å². The van der Waals surface area contributed by atoms with Crippen LogP contribution in [0.2, 0.25) is 0 Å². The molecule has 0 radical (unpaired) electrons. The molecule has 9 nitrogen and oxygen atoms in total. The van der Waals surface area contributed by atoms with E-state index in [1.807, 2.05) is 19.0 Å². The average molecular weight is 568 g/mol. The summed E-state index contributed by atoms with van der Waals surface area (Å²) >= 11 is 0. The number of carbonyl (C=O) groups excluding carboxylic acids is 2. The molecule has 0 aliphatic rings. The maximum Gasteiger partial charge on any atom is 0.246 e. The highest BCUT2D eigenvalue weighted by atomic mass is 19.1. The molecule has 41 heavy (non-hydrogen) atoms. The molecule has 224 valence electrons. The van der Waals surface area contributed by atoms with Crippen LogP contribution in [0, 0.1) is 17.7 Å².